The highest BCUT2D eigenvalue weighted by atomic mass is 32.2. The second kappa shape index (κ2) is 10.4. The van der Waals surface area contributed by atoms with Gasteiger partial charge in [0.1, 0.15) is 23.0 Å². The Bertz CT molecular complexity index is 889. The molecule has 1 heterocycles. The minimum atomic E-state index is -0.0331. The number of para-hydroxylation sites is 1. The van der Waals surface area contributed by atoms with Gasteiger partial charge in [0, 0.05) is 17.7 Å². The lowest BCUT2D eigenvalue weighted by Crippen LogP contribution is -2.15. The Morgan fingerprint density at radius 1 is 1.03 bits per heavy atom. The molecule has 0 fully saturated rings. The maximum absolute atomic E-state index is 10.3. The molecular formula is C24H29NO3S. The average molecular weight is 412 g/mol. The standard InChI is InChI=1S/C24H29NO3S/c1-4-29-24(20-8-5-6-9-21(20)26)23-15-14-22(28-23)18-10-12-19(13-11-18)27-17-7-16-25(2)3/h5-6,8-15,24,26H,4,7,16-17H2,1-3H3. The number of benzene rings is 2. The summed E-state index contributed by atoms with van der Waals surface area (Å²) in [6.45, 7) is 3.83. The number of phenolic OH excluding ortho intramolecular Hbond substituents is 1. The van der Waals surface area contributed by atoms with Crippen LogP contribution >= 0.6 is 11.8 Å². The van der Waals surface area contributed by atoms with Crippen LogP contribution < -0.4 is 4.74 Å². The van der Waals surface area contributed by atoms with E-state index < -0.39 is 0 Å². The van der Waals surface area contributed by atoms with E-state index in [-0.39, 0.29) is 5.25 Å². The highest BCUT2D eigenvalue weighted by Gasteiger charge is 2.21. The molecule has 0 bridgehead atoms. The summed E-state index contributed by atoms with van der Waals surface area (Å²) in [6.07, 6.45) is 0.999. The lowest BCUT2D eigenvalue weighted by Gasteiger charge is -2.15. The fourth-order valence-electron chi connectivity index (χ4n) is 3.14. The summed E-state index contributed by atoms with van der Waals surface area (Å²) in [4.78, 5) is 2.15. The van der Waals surface area contributed by atoms with Crippen LogP contribution in [0.5, 0.6) is 11.5 Å². The van der Waals surface area contributed by atoms with Crippen LogP contribution in [0.15, 0.2) is 65.1 Å². The third kappa shape index (κ3) is 5.81. The predicted molar refractivity (Wildman–Crippen MR) is 121 cm³/mol. The molecule has 1 unspecified atom stereocenters. The summed E-state index contributed by atoms with van der Waals surface area (Å²) in [5, 5.41) is 10.2. The molecule has 2 aromatic carbocycles. The minimum absolute atomic E-state index is 0.0331. The molecular weight excluding hydrogens is 382 g/mol. The van der Waals surface area contributed by atoms with Crippen LogP contribution in [0.3, 0.4) is 0 Å². The van der Waals surface area contributed by atoms with Gasteiger partial charge in [-0.25, -0.2) is 0 Å². The number of hydrogen-bond donors (Lipinski definition) is 1. The summed E-state index contributed by atoms with van der Waals surface area (Å²) >= 11 is 1.74. The molecule has 5 heteroatoms. The summed E-state index contributed by atoms with van der Waals surface area (Å²) in [5.74, 6) is 3.75. The molecule has 3 aromatic rings. The van der Waals surface area contributed by atoms with E-state index in [1.54, 1.807) is 17.8 Å². The molecule has 0 aliphatic rings. The van der Waals surface area contributed by atoms with Crippen molar-refractivity contribution < 1.29 is 14.3 Å². The monoisotopic (exact) mass is 411 g/mol. The summed E-state index contributed by atoms with van der Waals surface area (Å²) in [5.41, 5.74) is 1.89. The Morgan fingerprint density at radius 3 is 2.48 bits per heavy atom. The van der Waals surface area contributed by atoms with Gasteiger partial charge in [-0.3, -0.25) is 0 Å². The molecule has 0 saturated heterocycles. The first-order valence-electron chi connectivity index (χ1n) is 9.95. The molecule has 0 saturated carbocycles. The Morgan fingerprint density at radius 2 is 1.79 bits per heavy atom. The molecule has 154 valence electrons. The molecule has 1 N–H and O–H groups in total. The number of rotatable bonds is 10. The zero-order valence-electron chi connectivity index (χ0n) is 17.3. The van der Waals surface area contributed by atoms with E-state index in [1.165, 1.54) is 0 Å². The highest BCUT2D eigenvalue weighted by molar-refractivity contribution is 7.99. The third-order valence-corrected chi connectivity index (χ3v) is 5.75. The van der Waals surface area contributed by atoms with Crippen molar-refractivity contribution in [1.82, 2.24) is 4.90 Å². The van der Waals surface area contributed by atoms with Crippen LogP contribution in [0.25, 0.3) is 11.3 Å². The quantitative estimate of drug-likeness (QED) is 0.426. The van der Waals surface area contributed by atoms with E-state index in [0.29, 0.717) is 12.4 Å². The number of furan rings is 1. The fourth-order valence-corrected chi connectivity index (χ4v) is 4.14. The van der Waals surface area contributed by atoms with Crippen molar-refractivity contribution in [2.45, 2.75) is 18.6 Å². The zero-order valence-corrected chi connectivity index (χ0v) is 18.1. The van der Waals surface area contributed by atoms with Gasteiger partial charge in [-0.05, 0) is 68.7 Å². The molecule has 3 rings (SSSR count). The van der Waals surface area contributed by atoms with Gasteiger partial charge in [0.05, 0.1) is 11.9 Å². The first-order valence-corrected chi connectivity index (χ1v) is 11.0. The van der Waals surface area contributed by atoms with E-state index in [1.807, 2.05) is 54.6 Å². The van der Waals surface area contributed by atoms with Crippen molar-refractivity contribution in [3.8, 4) is 22.8 Å². The normalized spacial score (nSPS) is 12.3. The number of ether oxygens (including phenoxy) is 1. The maximum Gasteiger partial charge on any atom is 0.134 e. The first kappa shape index (κ1) is 21.3. The van der Waals surface area contributed by atoms with Crippen LogP contribution in [-0.2, 0) is 0 Å². The van der Waals surface area contributed by atoms with E-state index in [0.717, 1.165) is 47.1 Å². The van der Waals surface area contributed by atoms with Gasteiger partial charge in [0.25, 0.3) is 0 Å². The smallest absolute Gasteiger partial charge is 0.134 e. The average Bonchev–Trinajstić information content (AvgIpc) is 3.20. The van der Waals surface area contributed by atoms with E-state index in [4.69, 9.17) is 9.15 Å². The van der Waals surface area contributed by atoms with Gasteiger partial charge in [0.15, 0.2) is 0 Å². The fraction of sp³-hybridized carbons (Fsp3) is 0.333. The van der Waals surface area contributed by atoms with Crippen molar-refractivity contribution >= 4 is 11.8 Å². The topological polar surface area (TPSA) is 45.8 Å². The highest BCUT2D eigenvalue weighted by Crippen LogP contribution is 2.41. The predicted octanol–water partition coefficient (Wildman–Crippen LogP) is 5.83. The lowest BCUT2D eigenvalue weighted by atomic mass is 10.1. The van der Waals surface area contributed by atoms with E-state index >= 15 is 0 Å². The Kier molecular flexibility index (Phi) is 7.67. The summed E-state index contributed by atoms with van der Waals surface area (Å²) < 4.78 is 12.0. The Labute approximate surface area is 177 Å². The van der Waals surface area contributed by atoms with Gasteiger partial charge >= 0.3 is 0 Å². The van der Waals surface area contributed by atoms with Gasteiger partial charge in [0.2, 0.25) is 0 Å². The molecule has 0 aliphatic heterocycles. The van der Waals surface area contributed by atoms with Crippen molar-refractivity contribution in [2.24, 2.45) is 0 Å². The number of thioether (sulfide) groups is 1. The minimum Gasteiger partial charge on any atom is -0.508 e. The van der Waals surface area contributed by atoms with Crippen LogP contribution in [0, 0.1) is 0 Å². The van der Waals surface area contributed by atoms with Crippen molar-refractivity contribution in [3.63, 3.8) is 0 Å². The Hall–Kier alpha value is -2.37. The van der Waals surface area contributed by atoms with Crippen molar-refractivity contribution in [3.05, 3.63) is 72.0 Å². The van der Waals surface area contributed by atoms with Gasteiger partial charge in [-0.15, -0.1) is 11.8 Å². The summed E-state index contributed by atoms with van der Waals surface area (Å²) in [7, 11) is 4.13. The molecule has 0 radical (unpaired) electrons. The van der Waals surface area contributed by atoms with Crippen molar-refractivity contribution in [2.75, 3.05) is 33.0 Å². The van der Waals surface area contributed by atoms with Crippen LogP contribution in [0.4, 0.5) is 0 Å². The van der Waals surface area contributed by atoms with Crippen LogP contribution in [-0.4, -0.2) is 43.0 Å². The van der Waals surface area contributed by atoms with Crippen molar-refractivity contribution in [1.29, 1.82) is 0 Å². The number of aromatic hydroxyl groups is 1. The number of nitrogens with zero attached hydrogens (tertiary/aromatic N) is 1. The largest absolute Gasteiger partial charge is 0.508 e. The maximum atomic E-state index is 10.3. The molecule has 0 aliphatic carbocycles. The third-order valence-electron chi connectivity index (χ3n) is 4.59. The van der Waals surface area contributed by atoms with Crippen LogP contribution in [0.2, 0.25) is 0 Å². The lowest BCUT2D eigenvalue weighted by molar-refractivity contribution is 0.281. The molecule has 0 amide bonds. The Balaban J connectivity index is 1.70. The second-order valence-corrected chi connectivity index (χ2v) is 8.51. The molecule has 0 spiro atoms. The second-order valence-electron chi connectivity index (χ2n) is 7.13. The molecule has 4 nitrogen and oxygen atoms in total. The SMILES string of the molecule is CCSC(c1ccc(-c2ccc(OCCCN(C)C)cc2)o1)c1ccccc1O. The zero-order chi connectivity index (χ0) is 20.6. The van der Waals surface area contributed by atoms with E-state index in [9.17, 15) is 5.11 Å². The molecule has 1 atom stereocenters. The van der Waals surface area contributed by atoms with E-state index in [2.05, 4.69) is 25.9 Å². The van der Waals surface area contributed by atoms with Gasteiger partial charge in [-0.2, -0.15) is 0 Å². The van der Waals surface area contributed by atoms with Gasteiger partial charge in [-0.1, -0.05) is 25.1 Å². The number of phenols is 1. The van der Waals surface area contributed by atoms with Gasteiger partial charge < -0.3 is 19.2 Å². The van der Waals surface area contributed by atoms with Crippen LogP contribution in [0.1, 0.15) is 29.9 Å². The number of hydrogen-bond acceptors (Lipinski definition) is 5. The summed E-state index contributed by atoms with van der Waals surface area (Å²) in [6, 6.07) is 19.4. The first-order chi connectivity index (χ1) is 14.1. The molecule has 29 heavy (non-hydrogen) atoms. The molecule has 1 aromatic heterocycles.